The monoisotopic (exact) mass is 456 g/mol. The highest BCUT2D eigenvalue weighted by molar-refractivity contribution is 6.99. The lowest BCUT2D eigenvalue weighted by atomic mass is 9.88. The Bertz CT molecular complexity index is 871. The Hall–Kier alpha value is -1.54. The number of fused-ring (bicyclic) bond motifs is 1. The van der Waals surface area contributed by atoms with E-state index in [2.05, 4.69) is 76.2 Å². The van der Waals surface area contributed by atoms with Gasteiger partial charge in [0.15, 0.2) is 12.1 Å². The van der Waals surface area contributed by atoms with E-state index in [4.69, 9.17) is 18.6 Å². The Morgan fingerprint density at radius 2 is 1.44 bits per heavy atom. The molecule has 0 bridgehead atoms. The zero-order valence-corrected chi connectivity index (χ0v) is 21.0. The van der Waals surface area contributed by atoms with Gasteiger partial charge in [-0.1, -0.05) is 88.4 Å². The second-order valence-electron chi connectivity index (χ2n) is 10.5. The number of hydrogen-bond acceptors (Lipinski definition) is 5. The molecule has 2 aliphatic rings. The Kier molecular flexibility index (Phi) is 6.16. The maximum atomic E-state index is 10.5. The van der Waals surface area contributed by atoms with Crippen LogP contribution in [0.4, 0.5) is 0 Å². The van der Waals surface area contributed by atoms with E-state index in [0.717, 1.165) is 0 Å². The summed E-state index contributed by atoms with van der Waals surface area (Å²) in [7, 11) is -2.75. The fourth-order valence-electron chi connectivity index (χ4n) is 5.21. The van der Waals surface area contributed by atoms with E-state index in [1.54, 1.807) is 0 Å². The number of hydrogen-bond donors (Lipinski definition) is 1. The molecule has 2 aromatic carbocycles. The topological polar surface area (TPSA) is 57.2 Å². The molecular weight excluding hydrogens is 420 g/mol. The summed E-state index contributed by atoms with van der Waals surface area (Å²) in [5.41, 5.74) is -0.890. The average Bonchev–Trinajstić information content (AvgIpc) is 3.19. The van der Waals surface area contributed by atoms with Gasteiger partial charge < -0.3 is 23.7 Å². The van der Waals surface area contributed by atoms with Gasteiger partial charge in [-0.15, -0.1) is 0 Å². The molecule has 0 radical (unpaired) electrons. The molecule has 0 unspecified atom stereocenters. The van der Waals surface area contributed by atoms with E-state index in [1.165, 1.54) is 10.4 Å². The van der Waals surface area contributed by atoms with Crippen LogP contribution in [0.2, 0.25) is 5.04 Å². The number of rotatable bonds is 6. The van der Waals surface area contributed by atoms with Crippen LogP contribution in [-0.2, 0) is 18.6 Å². The van der Waals surface area contributed by atoms with E-state index >= 15 is 0 Å². The number of aliphatic hydroxyl groups is 1. The van der Waals surface area contributed by atoms with Gasteiger partial charge in [-0.05, 0) is 29.3 Å². The molecule has 2 fully saturated rings. The molecule has 2 aliphatic heterocycles. The van der Waals surface area contributed by atoms with Gasteiger partial charge in [-0.2, -0.15) is 0 Å². The molecule has 5 nitrogen and oxygen atoms in total. The van der Waals surface area contributed by atoms with E-state index in [0.29, 0.717) is 0 Å². The summed E-state index contributed by atoms with van der Waals surface area (Å²) in [5.74, 6) is -0.776. The first-order chi connectivity index (χ1) is 15.0. The van der Waals surface area contributed by atoms with E-state index in [9.17, 15) is 5.11 Å². The van der Waals surface area contributed by atoms with Crippen molar-refractivity contribution in [2.24, 2.45) is 5.92 Å². The highest BCUT2D eigenvalue weighted by Gasteiger charge is 2.61. The SMILES string of the molecule is C[C@H]1[C@H]2OC(C)(C)O[C@H]2O[C@@]1(CO)CO[Si](c1ccccc1)(c1ccccc1)C(C)(C)C. The standard InChI is InChI=1S/C26H36O5Si/c1-19-22-23(30-25(5,6)29-22)31-26(19,17-27)18-28-32(24(2,3)4,20-13-9-7-10-14-20)21-15-11-8-12-16-21/h7-16,19,22-23,27H,17-18H2,1-6H3/t19-,22+,23-,26-/m0/s1. The van der Waals surface area contributed by atoms with Crippen LogP contribution in [0.5, 0.6) is 0 Å². The molecule has 4 atom stereocenters. The van der Waals surface area contributed by atoms with Gasteiger partial charge >= 0.3 is 0 Å². The minimum absolute atomic E-state index is 0.0857. The summed E-state index contributed by atoms with van der Waals surface area (Å²) >= 11 is 0. The molecule has 1 N–H and O–H groups in total. The van der Waals surface area contributed by atoms with Gasteiger partial charge in [0.2, 0.25) is 0 Å². The van der Waals surface area contributed by atoms with Crippen molar-refractivity contribution in [1.29, 1.82) is 0 Å². The van der Waals surface area contributed by atoms with Crippen molar-refractivity contribution >= 4 is 18.7 Å². The van der Waals surface area contributed by atoms with Crippen LogP contribution in [0.1, 0.15) is 41.5 Å². The molecule has 6 heteroatoms. The third-order valence-corrected chi connectivity index (χ3v) is 12.0. The van der Waals surface area contributed by atoms with Crippen molar-refractivity contribution < 1.29 is 23.7 Å². The van der Waals surface area contributed by atoms with Crippen LogP contribution in [0.3, 0.4) is 0 Å². The molecule has 2 saturated heterocycles. The fourth-order valence-corrected chi connectivity index (χ4v) is 9.83. The van der Waals surface area contributed by atoms with E-state index < -0.39 is 26.0 Å². The lowest BCUT2D eigenvalue weighted by Crippen LogP contribution is -2.68. The summed E-state index contributed by atoms with van der Waals surface area (Å²) in [6, 6.07) is 21.0. The lowest BCUT2D eigenvalue weighted by Gasteiger charge is -2.45. The minimum atomic E-state index is -2.75. The van der Waals surface area contributed by atoms with E-state index in [-0.39, 0.29) is 30.3 Å². The molecule has 2 heterocycles. The highest BCUT2D eigenvalue weighted by Crippen LogP contribution is 2.47. The number of aliphatic hydroxyl groups excluding tert-OH is 1. The summed E-state index contributed by atoms with van der Waals surface area (Å²) in [4.78, 5) is 0. The van der Waals surface area contributed by atoms with Crippen LogP contribution in [0.25, 0.3) is 0 Å². The third-order valence-electron chi connectivity index (χ3n) is 6.98. The van der Waals surface area contributed by atoms with Crippen molar-refractivity contribution in [3.63, 3.8) is 0 Å². The lowest BCUT2D eigenvalue weighted by molar-refractivity contribution is -0.243. The number of benzene rings is 2. The molecule has 32 heavy (non-hydrogen) atoms. The van der Waals surface area contributed by atoms with Crippen molar-refractivity contribution in [2.75, 3.05) is 13.2 Å². The van der Waals surface area contributed by atoms with Crippen LogP contribution in [0.15, 0.2) is 60.7 Å². The summed E-state index contributed by atoms with van der Waals surface area (Å²) in [6.07, 6.45) is -0.741. The van der Waals surface area contributed by atoms with Gasteiger partial charge in [-0.3, -0.25) is 0 Å². The normalized spacial score (nSPS) is 29.8. The predicted molar refractivity (Wildman–Crippen MR) is 127 cm³/mol. The van der Waals surface area contributed by atoms with Crippen LogP contribution < -0.4 is 10.4 Å². The Balaban J connectivity index is 1.73. The van der Waals surface area contributed by atoms with Crippen LogP contribution >= 0.6 is 0 Å². The maximum absolute atomic E-state index is 10.5. The minimum Gasteiger partial charge on any atom is -0.404 e. The van der Waals surface area contributed by atoms with Gasteiger partial charge in [0.05, 0.1) is 13.2 Å². The average molecular weight is 457 g/mol. The third kappa shape index (κ3) is 3.87. The molecular formula is C26H36O5Si. The first-order valence-corrected chi connectivity index (χ1v) is 13.3. The zero-order valence-electron chi connectivity index (χ0n) is 20.0. The van der Waals surface area contributed by atoms with Gasteiger partial charge in [0.1, 0.15) is 11.7 Å². The molecule has 0 amide bonds. The molecule has 0 aliphatic carbocycles. The van der Waals surface area contributed by atoms with Gasteiger partial charge in [-0.25, -0.2) is 0 Å². The predicted octanol–water partition coefficient (Wildman–Crippen LogP) is 3.44. The van der Waals surface area contributed by atoms with Crippen molar-refractivity contribution in [3.05, 3.63) is 60.7 Å². The van der Waals surface area contributed by atoms with Crippen molar-refractivity contribution in [1.82, 2.24) is 0 Å². The first kappa shape index (κ1) is 23.6. The Labute approximate surface area is 192 Å². The van der Waals surface area contributed by atoms with Crippen LogP contribution in [0, 0.1) is 5.92 Å². The van der Waals surface area contributed by atoms with Gasteiger partial charge in [0, 0.05) is 5.92 Å². The smallest absolute Gasteiger partial charge is 0.261 e. The molecule has 174 valence electrons. The first-order valence-electron chi connectivity index (χ1n) is 11.4. The van der Waals surface area contributed by atoms with Crippen molar-refractivity contribution in [2.45, 2.75) is 70.4 Å². The second kappa shape index (κ2) is 8.35. The molecule has 0 saturated carbocycles. The summed E-state index contributed by atoms with van der Waals surface area (Å²) in [5, 5.41) is 12.8. The molecule has 0 aromatic heterocycles. The quantitative estimate of drug-likeness (QED) is 0.675. The Morgan fingerprint density at radius 1 is 0.906 bits per heavy atom. The fraction of sp³-hybridized carbons (Fsp3) is 0.538. The largest absolute Gasteiger partial charge is 0.404 e. The molecule has 4 rings (SSSR count). The Morgan fingerprint density at radius 3 is 1.88 bits per heavy atom. The van der Waals surface area contributed by atoms with E-state index in [1.807, 2.05) is 26.0 Å². The second-order valence-corrected chi connectivity index (χ2v) is 14.9. The maximum Gasteiger partial charge on any atom is 0.261 e. The van der Waals surface area contributed by atoms with Crippen molar-refractivity contribution in [3.8, 4) is 0 Å². The summed E-state index contributed by atoms with van der Waals surface area (Å²) < 4.78 is 25.5. The summed E-state index contributed by atoms with van der Waals surface area (Å²) in [6.45, 7) is 12.7. The highest BCUT2D eigenvalue weighted by atomic mass is 28.4. The number of ether oxygens (including phenoxy) is 3. The van der Waals surface area contributed by atoms with Crippen LogP contribution in [-0.4, -0.2) is 50.4 Å². The molecule has 0 spiro atoms. The molecule has 2 aromatic rings. The zero-order chi connectivity index (χ0) is 23.2. The van der Waals surface area contributed by atoms with Gasteiger partial charge in [0.25, 0.3) is 8.32 Å².